The van der Waals surface area contributed by atoms with Gasteiger partial charge in [0.2, 0.25) is 0 Å². The fraction of sp³-hybridized carbons (Fsp3) is 0.267. The summed E-state index contributed by atoms with van der Waals surface area (Å²) in [5, 5.41) is 3.55. The lowest BCUT2D eigenvalue weighted by molar-refractivity contribution is 0.0941. The van der Waals surface area contributed by atoms with Gasteiger partial charge in [0.1, 0.15) is 5.69 Å². The second kappa shape index (κ2) is 5.21. The van der Waals surface area contributed by atoms with Crippen molar-refractivity contribution in [2.45, 2.75) is 25.4 Å². The Bertz CT molecular complexity index is 646. The smallest absolute Gasteiger partial charge is 0.268 e. The number of nitrogens with one attached hydrogen (secondary N) is 1. The zero-order valence-electron chi connectivity index (χ0n) is 11.0. The Hall–Kier alpha value is -1.94. The van der Waals surface area contributed by atoms with Gasteiger partial charge in [-0.25, -0.2) is 0 Å². The molecule has 1 aromatic heterocycles. The first-order valence-corrected chi connectivity index (χ1v) is 7.02. The van der Waals surface area contributed by atoms with Crippen LogP contribution in [0.2, 0.25) is 5.02 Å². The van der Waals surface area contributed by atoms with E-state index in [9.17, 15) is 4.79 Å². The Balaban J connectivity index is 1.72. The maximum atomic E-state index is 12.3. The Morgan fingerprint density at radius 1 is 1.40 bits per heavy atom. The second-order valence-corrected chi connectivity index (χ2v) is 5.48. The average Bonchev–Trinajstić information content (AvgIpc) is 3.20. The van der Waals surface area contributed by atoms with Crippen LogP contribution in [0.3, 0.4) is 0 Å². The van der Waals surface area contributed by atoms with E-state index in [0.29, 0.717) is 29.0 Å². The maximum Gasteiger partial charge on any atom is 0.268 e. The molecule has 1 saturated carbocycles. The van der Waals surface area contributed by atoms with Crippen LogP contribution in [0.25, 0.3) is 0 Å². The van der Waals surface area contributed by atoms with Gasteiger partial charge in [0, 0.05) is 23.8 Å². The minimum Gasteiger partial charge on any atom is -0.397 e. The molecule has 1 aromatic carbocycles. The molecule has 1 amide bonds. The number of benzene rings is 1. The van der Waals surface area contributed by atoms with Crippen LogP contribution in [0.15, 0.2) is 36.5 Å². The Morgan fingerprint density at radius 2 is 2.15 bits per heavy atom. The van der Waals surface area contributed by atoms with Gasteiger partial charge < -0.3 is 15.6 Å². The molecule has 4 nitrogen and oxygen atoms in total. The van der Waals surface area contributed by atoms with Gasteiger partial charge in [0.15, 0.2) is 0 Å². The molecule has 0 saturated heterocycles. The van der Waals surface area contributed by atoms with E-state index in [2.05, 4.69) is 5.32 Å². The van der Waals surface area contributed by atoms with Crippen molar-refractivity contribution in [2.24, 2.45) is 0 Å². The molecule has 1 fully saturated rings. The second-order valence-electron chi connectivity index (χ2n) is 5.07. The molecule has 0 unspecified atom stereocenters. The predicted molar refractivity (Wildman–Crippen MR) is 79.7 cm³/mol. The molecule has 0 bridgehead atoms. The van der Waals surface area contributed by atoms with Crippen molar-refractivity contribution >= 4 is 23.2 Å². The fourth-order valence-electron chi connectivity index (χ4n) is 2.25. The SMILES string of the molecule is Nc1cc(C(=O)NCc2ccccc2Cl)n(C2CC2)c1. The molecule has 0 spiro atoms. The van der Waals surface area contributed by atoms with Crippen molar-refractivity contribution in [1.29, 1.82) is 0 Å². The maximum absolute atomic E-state index is 12.3. The van der Waals surface area contributed by atoms with E-state index in [1.807, 2.05) is 35.0 Å². The molecule has 20 heavy (non-hydrogen) atoms. The summed E-state index contributed by atoms with van der Waals surface area (Å²) in [6.07, 6.45) is 4.06. The number of hydrogen-bond donors (Lipinski definition) is 2. The van der Waals surface area contributed by atoms with Crippen LogP contribution < -0.4 is 11.1 Å². The molecule has 2 aromatic rings. The van der Waals surface area contributed by atoms with Crippen molar-refractivity contribution in [3.05, 3.63) is 52.8 Å². The van der Waals surface area contributed by atoms with E-state index in [4.69, 9.17) is 17.3 Å². The summed E-state index contributed by atoms with van der Waals surface area (Å²) in [6.45, 7) is 0.411. The number of amides is 1. The van der Waals surface area contributed by atoms with E-state index in [1.165, 1.54) is 0 Å². The van der Waals surface area contributed by atoms with E-state index in [-0.39, 0.29) is 5.91 Å². The lowest BCUT2D eigenvalue weighted by Gasteiger charge is -2.09. The Morgan fingerprint density at radius 3 is 2.85 bits per heavy atom. The number of aromatic nitrogens is 1. The number of nitrogens with zero attached hydrogens (tertiary/aromatic N) is 1. The highest BCUT2D eigenvalue weighted by Crippen LogP contribution is 2.37. The average molecular weight is 290 g/mol. The van der Waals surface area contributed by atoms with Crippen LogP contribution >= 0.6 is 11.6 Å². The number of hydrogen-bond acceptors (Lipinski definition) is 2. The summed E-state index contributed by atoms with van der Waals surface area (Å²) in [6, 6.07) is 9.63. The third kappa shape index (κ3) is 2.65. The van der Waals surface area contributed by atoms with E-state index in [0.717, 1.165) is 18.4 Å². The number of nitrogen functional groups attached to an aromatic ring is 1. The van der Waals surface area contributed by atoms with Crippen molar-refractivity contribution in [3.8, 4) is 0 Å². The Kier molecular flexibility index (Phi) is 3.40. The molecule has 5 heteroatoms. The molecular weight excluding hydrogens is 274 g/mol. The molecule has 0 aliphatic heterocycles. The quantitative estimate of drug-likeness (QED) is 0.909. The summed E-state index contributed by atoms with van der Waals surface area (Å²) in [5.74, 6) is -0.117. The fourth-order valence-corrected chi connectivity index (χ4v) is 2.45. The van der Waals surface area contributed by atoms with Gasteiger partial charge in [0.05, 0.1) is 5.69 Å². The van der Waals surface area contributed by atoms with Crippen LogP contribution in [-0.4, -0.2) is 10.5 Å². The zero-order valence-corrected chi connectivity index (χ0v) is 11.7. The molecule has 104 valence electrons. The topological polar surface area (TPSA) is 60.1 Å². The lowest BCUT2D eigenvalue weighted by atomic mass is 10.2. The van der Waals surface area contributed by atoms with Crippen molar-refractivity contribution < 1.29 is 4.79 Å². The largest absolute Gasteiger partial charge is 0.397 e. The van der Waals surface area contributed by atoms with Crippen LogP contribution in [0.4, 0.5) is 5.69 Å². The number of nitrogens with two attached hydrogens (primary N) is 1. The Labute approximate surface area is 122 Å². The minimum absolute atomic E-state index is 0.117. The number of anilines is 1. The lowest BCUT2D eigenvalue weighted by Crippen LogP contribution is -2.25. The molecule has 1 aliphatic carbocycles. The molecular formula is C15H16ClN3O. The van der Waals surface area contributed by atoms with Crippen molar-refractivity contribution in [3.63, 3.8) is 0 Å². The summed E-state index contributed by atoms with van der Waals surface area (Å²) >= 11 is 6.07. The monoisotopic (exact) mass is 289 g/mol. The summed E-state index contributed by atoms with van der Waals surface area (Å²) < 4.78 is 1.97. The van der Waals surface area contributed by atoms with Gasteiger partial charge in [-0.05, 0) is 30.5 Å². The van der Waals surface area contributed by atoms with Crippen LogP contribution in [0.5, 0.6) is 0 Å². The summed E-state index contributed by atoms with van der Waals surface area (Å²) in [7, 11) is 0. The van der Waals surface area contributed by atoms with Crippen molar-refractivity contribution in [1.82, 2.24) is 9.88 Å². The molecule has 1 aliphatic rings. The molecule has 3 rings (SSSR count). The van der Waals surface area contributed by atoms with Gasteiger partial charge in [-0.3, -0.25) is 4.79 Å². The molecule has 1 heterocycles. The first kappa shape index (κ1) is 13.1. The van der Waals surface area contributed by atoms with Crippen LogP contribution in [0.1, 0.15) is 34.9 Å². The number of carbonyl (C=O) groups is 1. The van der Waals surface area contributed by atoms with Crippen LogP contribution in [0, 0.1) is 0 Å². The van der Waals surface area contributed by atoms with Gasteiger partial charge in [-0.1, -0.05) is 29.8 Å². The number of rotatable bonds is 4. The third-order valence-electron chi connectivity index (χ3n) is 3.44. The highest BCUT2D eigenvalue weighted by molar-refractivity contribution is 6.31. The van der Waals surface area contributed by atoms with Gasteiger partial charge in [0.25, 0.3) is 5.91 Å². The van der Waals surface area contributed by atoms with Crippen LogP contribution in [-0.2, 0) is 6.54 Å². The van der Waals surface area contributed by atoms with Gasteiger partial charge in [-0.2, -0.15) is 0 Å². The van der Waals surface area contributed by atoms with E-state index >= 15 is 0 Å². The highest BCUT2D eigenvalue weighted by Gasteiger charge is 2.27. The normalized spacial score (nSPS) is 14.2. The summed E-state index contributed by atoms with van der Waals surface area (Å²) in [5.41, 5.74) is 7.94. The van der Waals surface area contributed by atoms with Gasteiger partial charge in [-0.15, -0.1) is 0 Å². The van der Waals surface area contributed by atoms with Gasteiger partial charge >= 0.3 is 0 Å². The predicted octanol–water partition coefficient (Wildman–Crippen LogP) is 2.99. The summed E-state index contributed by atoms with van der Waals surface area (Å²) in [4.78, 5) is 12.3. The first-order chi connectivity index (χ1) is 9.65. The van der Waals surface area contributed by atoms with E-state index < -0.39 is 0 Å². The molecule has 3 N–H and O–H groups in total. The molecule has 0 radical (unpaired) electrons. The number of halogens is 1. The van der Waals surface area contributed by atoms with Crippen molar-refractivity contribution in [2.75, 3.05) is 5.73 Å². The van der Waals surface area contributed by atoms with E-state index in [1.54, 1.807) is 6.07 Å². The minimum atomic E-state index is -0.117. The third-order valence-corrected chi connectivity index (χ3v) is 3.81. The standard InChI is InChI=1S/C15H16ClN3O/c16-13-4-2-1-3-10(13)8-18-15(20)14-7-11(17)9-19(14)12-5-6-12/h1-4,7,9,12H,5-6,8,17H2,(H,18,20). The highest BCUT2D eigenvalue weighted by atomic mass is 35.5. The number of carbonyl (C=O) groups excluding carboxylic acids is 1. The zero-order chi connectivity index (χ0) is 14.1. The first-order valence-electron chi connectivity index (χ1n) is 6.64. The molecule has 0 atom stereocenters.